The van der Waals surface area contributed by atoms with Crippen LogP contribution in [-0.2, 0) is 13.6 Å². The highest BCUT2D eigenvalue weighted by molar-refractivity contribution is 5.78. The fourth-order valence-electron chi connectivity index (χ4n) is 3.30. The van der Waals surface area contributed by atoms with Crippen LogP contribution in [0.2, 0.25) is 0 Å². The van der Waals surface area contributed by atoms with Crippen molar-refractivity contribution in [2.45, 2.75) is 18.9 Å². The van der Waals surface area contributed by atoms with Crippen molar-refractivity contribution in [3.05, 3.63) is 48.2 Å². The lowest BCUT2D eigenvalue weighted by Crippen LogP contribution is -2.20. The van der Waals surface area contributed by atoms with Gasteiger partial charge >= 0.3 is 0 Å². The fraction of sp³-hybridized carbons (Fsp3) is 0.375. The minimum atomic E-state index is 0.556. The number of fused-ring (bicyclic) bond motifs is 1. The topological polar surface area (TPSA) is 49.7 Å². The predicted octanol–water partition coefficient (Wildman–Crippen LogP) is 2.29. The molecule has 0 spiro atoms. The van der Waals surface area contributed by atoms with E-state index in [2.05, 4.69) is 49.9 Å². The normalized spacial score (nSPS) is 19.6. The molecule has 0 aliphatic carbocycles. The lowest BCUT2D eigenvalue weighted by Gasteiger charge is -2.16. The Morgan fingerprint density at radius 1 is 1.38 bits per heavy atom. The first-order chi connectivity index (χ1) is 10.3. The van der Waals surface area contributed by atoms with Gasteiger partial charge in [-0.15, -0.1) is 0 Å². The Hall–Kier alpha value is -2.14. The molecule has 0 saturated carbocycles. The molecule has 3 aromatic rings. The molecule has 5 heteroatoms. The van der Waals surface area contributed by atoms with Crippen LogP contribution in [0.1, 0.15) is 23.7 Å². The third kappa shape index (κ3) is 2.34. The van der Waals surface area contributed by atoms with Gasteiger partial charge in [0.05, 0.1) is 11.7 Å². The summed E-state index contributed by atoms with van der Waals surface area (Å²) in [6.07, 6.45) is 6.98. The van der Waals surface area contributed by atoms with E-state index >= 15 is 0 Å². The van der Waals surface area contributed by atoms with Crippen LogP contribution in [0.4, 0.5) is 0 Å². The Morgan fingerprint density at radius 3 is 3.19 bits per heavy atom. The van der Waals surface area contributed by atoms with Crippen molar-refractivity contribution in [2.24, 2.45) is 7.05 Å². The van der Waals surface area contributed by atoms with Crippen molar-refractivity contribution in [1.29, 1.82) is 0 Å². The second kappa shape index (κ2) is 5.00. The monoisotopic (exact) mass is 281 g/mol. The minimum Gasteiger partial charge on any atom is -0.338 e. The van der Waals surface area contributed by atoms with Gasteiger partial charge in [-0.25, -0.2) is 4.98 Å². The van der Waals surface area contributed by atoms with Gasteiger partial charge in [-0.3, -0.25) is 10.00 Å². The molecule has 1 atom stereocenters. The summed E-state index contributed by atoms with van der Waals surface area (Å²) in [5, 5.41) is 8.29. The third-order valence-electron chi connectivity index (χ3n) is 4.41. The number of hydrogen-bond donors (Lipinski definition) is 1. The van der Waals surface area contributed by atoms with Crippen molar-refractivity contribution >= 4 is 10.9 Å². The van der Waals surface area contributed by atoms with Crippen molar-refractivity contribution < 1.29 is 0 Å². The number of aryl methyl sites for hydroxylation is 1. The van der Waals surface area contributed by atoms with E-state index in [-0.39, 0.29) is 0 Å². The van der Waals surface area contributed by atoms with Gasteiger partial charge in [-0.05, 0) is 24.6 Å². The van der Waals surface area contributed by atoms with Crippen molar-refractivity contribution in [3.8, 4) is 0 Å². The average molecular weight is 281 g/mol. The van der Waals surface area contributed by atoms with Crippen molar-refractivity contribution in [3.63, 3.8) is 0 Å². The number of imidazole rings is 1. The summed E-state index contributed by atoms with van der Waals surface area (Å²) < 4.78 is 2.14. The molecule has 108 valence electrons. The van der Waals surface area contributed by atoms with Gasteiger partial charge < -0.3 is 4.57 Å². The van der Waals surface area contributed by atoms with Crippen molar-refractivity contribution in [1.82, 2.24) is 24.6 Å². The molecule has 5 nitrogen and oxygen atoms in total. The molecule has 21 heavy (non-hydrogen) atoms. The number of likely N-dealkylation sites (tertiary alicyclic amines) is 1. The zero-order valence-corrected chi connectivity index (χ0v) is 12.2. The molecule has 0 radical (unpaired) electrons. The Morgan fingerprint density at radius 2 is 2.33 bits per heavy atom. The molecule has 0 amide bonds. The number of hydrogen-bond acceptors (Lipinski definition) is 3. The Bertz CT molecular complexity index is 757. The summed E-state index contributed by atoms with van der Waals surface area (Å²) in [5.74, 6) is 1.77. The first-order valence-corrected chi connectivity index (χ1v) is 7.41. The standard InChI is InChI=1S/C16H19N5/c1-20-7-5-17-16(20)14-4-6-21(11-14)10-12-2-3-13-9-18-19-15(13)8-12/h2-3,5,7-9,14H,4,6,10-11H2,1H3,(H,18,19). The summed E-state index contributed by atoms with van der Waals surface area (Å²) in [6, 6.07) is 6.54. The molecule has 1 aliphatic heterocycles. The molecule has 3 heterocycles. The number of rotatable bonds is 3. The van der Waals surface area contributed by atoms with E-state index in [0.717, 1.165) is 25.2 Å². The summed E-state index contributed by atoms with van der Waals surface area (Å²) >= 11 is 0. The van der Waals surface area contributed by atoms with Gasteiger partial charge in [0.15, 0.2) is 0 Å². The summed E-state index contributed by atoms with van der Waals surface area (Å²) in [7, 11) is 2.08. The van der Waals surface area contributed by atoms with E-state index in [1.54, 1.807) is 0 Å². The maximum Gasteiger partial charge on any atom is 0.112 e. The average Bonchev–Trinajstić information content (AvgIpc) is 3.18. The highest BCUT2D eigenvalue weighted by atomic mass is 15.2. The van der Waals surface area contributed by atoms with Crippen LogP contribution in [0.3, 0.4) is 0 Å². The van der Waals surface area contributed by atoms with Gasteiger partial charge in [0, 0.05) is 43.8 Å². The Balaban J connectivity index is 1.47. The molecule has 0 bridgehead atoms. The zero-order valence-electron chi connectivity index (χ0n) is 12.2. The number of nitrogens with zero attached hydrogens (tertiary/aromatic N) is 4. The van der Waals surface area contributed by atoms with Gasteiger partial charge in [0.25, 0.3) is 0 Å². The second-order valence-corrected chi connectivity index (χ2v) is 5.91. The van der Waals surface area contributed by atoms with E-state index in [4.69, 9.17) is 0 Å². The van der Waals surface area contributed by atoms with E-state index in [0.29, 0.717) is 5.92 Å². The minimum absolute atomic E-state index is 0.556. The first kappa shape index (κ1) is 12.6. The number of benzene rings is 1. The maximum atomic E-state index is 4.50. The SMILES string of the molecule is Cn1ccnc1C1CCN(Cc2ccc3cn[nH]c3c2)C1. The van der Waals surface area contributed by atoms with Crippen LogP contribution in [-0.4, -0.2) is 37.7 Å². The summed E-state index contributed by atoms with van der Waals surface area (Å²) in [4.78, 5) is 7.01. The summed E-state index contributed by atoms with van der Waals surface area (Å²) in [6.45, 7) is 3.22. The van der Waals surface area contributed by atoms with Crippen LogP contribution in [0.25, 0.3) is 10.9 Å². The van der Waals surface area contributed by atoms with E-state index in [9.17, 15) is 0 Å². The number of aromatic amines is 1. The van der Waals surface area contributed by atoms with Crippen molar-refractivity contribution in [2.75, 3.05) is 13.1 Å². The highest BCUT2D eigenvalue weighted by Crippen LogP contribution is 2.27. The van der Waals surface area contributed by atoms with Gasteiger partial charge in [0.1, 0.15) is 5.82 Å². The number of aromatic nitrogens is 4. The molecular formula is C16H19N5. The molecule has 1 fully saturated rings. The van der Waals surface area contributed by atoms with Crippen LogP contribution in [0.15, 0.2) is 36.8 Å². The molecule has 1 N–H and O–H groups in total. The molecule has 1 aromatic carbocycles. The van der Waals surface area contributed by atoms with Crippen LogP contribution in [0, 0.1) is 0 Å². The fourth-order valence-corrected chi connectivity index (χ4v) is 3.30. The lowest BCUT2D eigenvalue weighted by molar-refractivity contribution is 0.325. The van der Waals surface area contributed by atoms with Crippen LogP contribution >= 0.6 is 0 Å². The van der Waals surface area contributed by atoms with E-state index in [1.165, 1.54) is 23.2 Å². The first-order valence-electron chi connectivity index (χ1n) is 7.41. The molecule has 1 aliphatic rings. The van der Waals surface area contributed by atoms with Crippen LogP contribution in [0.5, 0.6) is 0 Å². The lowest BCUT2D eigenvalue weighted by atomic mass is 10.1. The van der Waals surface area contributed by atoms with Gasteiger partial charge in [-0.2, -0.15) is 5.10 Å². The molecule has 1 saturated heterocycles. The predicted molar refractivity (Wildman–Crippen MR) is 81.9 cm³/mol. The Labute approximate surface area is 123 Å². The number of nitrogens with one attached hydrogen (secondary N) is 1. The molecule has 2 aromatic heterocycles. The Kier molecular flexibility index (Phi) is 3.00. The zero-order chi connectivity index (χ0) is 14.2. The van der Waals surface area contributed by atoms with Crippen LogP contribution < -0.4 is 0 Å². The highest BCUT2D eigenvalue weighted by Gasteiger charge is 2.26. The molecule has 4 rings (SSSR count). The largest absolute Gasteiger partial charge is 0.338 e. The second-order valence-electron chi connectivity index (χ2n) is 5.91. The summed E-state index contributed by atoms with van der Waals surface area (Å²) in [5.41, 5.74) is 2.46. The third-order valence-corrected chi connectivity index (χ3v) is 4.41. The number of H-pyrrole nitrogens is 1. The quantitative estimate of drug-likeness (QED) is 0.801. The van der Waals surface area contributed by atoms with E-state index in [1.807, 2.05) is 18.6 Å². The molecular weight excluding hydrogens is 262 g/mol. The smallest absolute Gasteiger partial charge is 0.112 e. The van der Waals surface area contributed by atoms with E-state index < -0.39 is 0 Å². The molecule has 1 unspecified atom stereocenters. The maximum absolute atomic E-state index is 4.50. The van der Waals surface area contributed by atoms with Gasteiger partial charge in [0.2, 0.25) is 0 Å². The van der Waals surface area contributed by atoms with Gasteiger partial charge in [-0.1, -0.05) is 12.1 Å².